The van der Waals surface area contributed by atoms with Crippen LogP contribution in [0.5, 0.6) is 0 Å². The molecule has 0 amide bonds. The maximum atomic E-state index is 3.33. The van der Waals surface area contributed by atoms with Crippen LogP contribution in [-0.4, -0.2) is 30.0 Å². The fourth-order valence-corrected chi connectivity index (χ4v) is 2.48. The molecule has 1 saturated heterocycles. The summed E-state index contributed by atoms with van der Waals surface area (Å²) in [4.78, 5) is 5.73. The van der Waals surface area contributed by atoms with E-state index in [2.05, 4.69) is 53.5 Å². The van der Waals surface area contributed by atoms with Crippen molar-refractivity contribution in [3.63, 3.8) is 0 Å². The molecular weight excluding hydrogens is 208 g/mol. The number of aromatic amines is 1. The number of rotatable bonds is 1. The number of para-hydroxylation sites is 1. The molecule has 0 spiro atoms. The Kier molecular flexibility index (Phi) is 2.73. The topological polar surface area (TPSA) is 19.0 Å². The minimum atomic E-state index is 1.19. The highest BCUT2D eigenvalue weighted by Crippen LogP contribution is 2.23. The number of likely N-dealkylation sites (tertiary alicyclic amines) is 1. The van der Waals surface area contributed by atoms with Crippen LogP contribution < -0.4 is 0 Å². The van der Waals surface area contributed by atoms with Crippen molar-refractivity contribution in [3.05, 3.63) is 41.6 Å². The number of nitrogens with zero attached hydrogens (tertiary/aromatic N) is 1. The summed E-state index contributed by atoms with van der Waals surface area (Å²) in [5, 5.41) is 1.33. The van der Waals surface area contributed by atoms with Gasteiger partial charge in [-0.2, -0.15) is 0 Å². The monoisotopic (exact) mass is 226 g/mol. The summed E-state index contributed by atoms with van der Waals surface area (Å²) in [6, 6.07) is 8.50. The summed E-state index contributed by atoms with van der Waals surface area (Å²) in [5.41, 5.74) is 4.14. The zero-order valence-corrected chi connectivity index (χ0v) is 10.2. The number of H-pyrrole nitrogens is 1. The molecule has 1 aromatic heterocycles. The van der Waals surface area contributed by atoms with Crippen molar-refractivity contribution < 1.29 is 0 Å². The van der Waals surface area contributed by atoms with Crippen molar-refractivity contribution in [2.45, 2.75) is 12.8 Å². The quantitative estimate of drug-likeness (QED) is 0.790. The van der Waals surface area contributed by atoms with Crippen LogP contribution >= 0.6 is 0 Å². The van der Waals surface area contributed by atoms with Crippen molar-refractivity contribution >= 4 is 17.0 Å². The van der Waals surface area contributed by atoms with Crippen molar-refractivity contribution in [3.8, 4) is 0 Å². The molecule has 2 nitrogen and oxygen atoms in total. The van der Waals surface area contributed by atoms with Gasteiger partial charge >= 0.3 is 0 Å². The molecule has 0 saturated carbocycles. The highest BCUT2D eigenvalue weighted by Gasteiger charge is 2.10. The van der Waals surface area contributed by atoms with Gasteiger partial charge in [-0.1, -0.05) is 29.8 Å². The van der Waals surface area contributed by atoms with E-state index in [4.69, 9.17) is 0 Å². The molecule has 1 N–H and O–H groups in total. The van der Waals surface area contributed by atoms with Gasteiger partial charge in [-0.05, 0) is 31.5 Å². The SMILES string of the molecule is CN1CCC(=Cc2c[nH]c3ccccc23)CC1. The summed E-state index contributed by atoms with van der Waals surface area (Å²) < 4.78 is 0. The third kappa shape index (κ3) is 2.13. The highest BCUT2D eigenvalue weighted by molar-refractivity contribution is 5.89. The van der Waals surface area contributed by atoms with E-state index in [1.165, 1.54) is 42.4 Å². The van der Waals surface area contributed by atoms with Gasteiger partial charge in [0.05, 0.1) is 0 Å². The van der Waals surface area contributed by atoms with Crippen LogP contribution in [-0.2, 0) is 0 Å². The standard InChI is InChI=1S/C15H18N2/c1-17-8-6-12(7-9-17)10-13-11-16-15-5-3-2-4-14(13)15/h2-5,10-11,16H,6-9H2,1H3. The maximum Gasteiger partial charge on any atom is 0.0460 e. The number of fused-ring (bicyclic) bond motifs is 1. The van der Waals surface area contributed by atoms with Gasteiger partial charge < -0.3 is 9.88 Å². The molecule has 0 unspecified atom stereocenters. The van der Waals surface area contributed by atoms with E-state index in [0.29, 0.717) is 0 Å². The molecule has 1 fully saturated rings. The van der Waals surface area contributed by atoms with Crippen molar-refractivity contribution in [2.75, 3.05) is 20.1 Å². The van der Waals surface area contributed by atoms with Crippen molar-refractivity contribution in [1.29, 1.82) is 0 Å². The first-order valence-electron chi connectivity index (χ1n) is 6.27. The minimum Gasteiger partial charge on any atom is -0.361 e. The number of hydrogen-bond donors (Lipinski definition) is 1. The third-order valence-electron chi connectivity index (χ3n) is 3.61. The molecule has 1 aromatic carbocycles. The van der Waals surface area contributed by atoms with Crippen LogP contribution in [0.1, 0.15) is 18.4 Å². The minimum absolute atomic E-state index is 1.19. The van der Waals surface area contributed by atoms with E-state index in [-0.39, 0.29) is 0 Å². The molecule has 88 valence electrons. The van der Waals surface area contributed by atoms with Gasteiger partial charge in [0.15, 0.2) is 0 Å². The number of benzene rings is 1. The van der Waals surface area contributed by atoms with E-state index in [1.807, 2.05) is 0 Å². The number of nitrogens with one attached hydrogen (secondary N) is 1. The molecule has 3 rings (SSSR count). The second-order valence-electron chi connectivity index (χ2n) is 4.90. The van der Waals surface area contributed by atoms with Gasteiger partial charge in [0.25, 0.3) is 0 Å². The fraction of sp³-hybridized carbons (Fsp3) is 0.333. The molecule has 0 atom stereocenters. The first-order chi connectivity index (χ1) is 8.33. The van der Waals surface area contributed by atoms with Crippen LogP contribution in [0.25, 0.3) is 17.0 Å². The summed E-state index contributed by atoms with van der Waals surface area (Å²) >= 11 is 0. The van der Waals surface area contributed by atoms with Crippen molar-refractivity contribution in [2.24, 2.45) is 0 Å². The van der Waals surface area contributed by atoms with Crippen LogP contribution in [0.4, 0.5) is 0 Å². The molecule has 0 radical (unpaired) electrons. The van der Waals surface area contributed by atoms with E-state index in [1.54, 1.807) is 5.57 Å². The number of piperidine rings is 1. The Morgan fingerprint density at radius 1 is 1.18 bits per heavy atom. The highest BCUT2D eigenvalue weighted by atomic mass is 15.1. The average molecular weight is 226 g/mol. The summed E-state index contributed by atoms with van der Waals surface area (Å²) in [5.74, 6) is 0. The second-order valence-corrected chi connectivity index (χ2v) is 4.90. The number of aromatic nitrogens is 1. The van der Waals surface area contributed by atoms with Gasteiger partial charge in [-0.15, -0.1) is 0 Å². The first-order valence-corrected chi connectivity index (χ1v) is 6.27. The van der Waals surface area contributed by atoms with E-state index in [9.17, 15) is 0 Å². The van der Waals surface area contributed by atoms with Crippen LogP contribution in [0.3, 0.4) is 0 Å². The smallest absolute Gasteiger partial charge is 0.0460 e. The molecular formula is C15H18N2. The van der Waals surface area contributed by atoms with Crippen LogP contribution in [0, 0.1) is 0 Å². The lowest BCUT2D eigenvalue weighted by atomic mass is 10.0. The van der Waals surface area contributed by atoms with Crippen molar-refractivity contribution in [1.82, 2.24) is 9.88 Å². The largest absolute Gasteiger partial charge is 0.361 e. The third-order valence-corrected chi connectivity index (χ3v) is 3.61. The summed E-state index contributed by atoms with van der Waals surface area (Å²) in [7, 11) is 2.20. The molecule has 2 heteroatoms. The van der Waals surface area contributed by atoms with Gasteiger partial charge in [-0.3, -0.25) is 0 Å². The zero-order chi connectivity index (χ0) is 11.7. The van der Waals surface area contributed by atoms with Gasteiger partial charge in [0.1, 0.15) is 0 Å². The molecule has 2 heterocycles. The maximum absolute atomic E-state index is 3.33. The summed E-state index contributed by atoms with van der Waals surface area (Å²) in [6.45, 7) is 2.38. The lowest BCUT2D eigenvalue weighted by Crippen LogP contribution is -2.26. The lowest BCUT2D eigenvalue weighted by molar-refractivity contribution is 0.313. The Labute approximate surface area is 102 Å². The Morgan fingerprint density at radius 2 is 1.94 bits per heavy atom. The zero-order valence-electron chi connectivity index (χ0n) is 10.2. The van der Waals surface area contributed by atoms with E-state index in [0.717, 1.165) is 0 Å². The molecule has 0 bridgehead atoms. The van der Waals surface area contributed by atoms with Crippen LogP contribution in [0.2, 0.25) is 0 Å². The molecule has 2 aromatic rings. The Morgan fingerprint density at radius 3 is 2.76 bits per heavy atom. The second kappa shape index (κ2) is 4.38. The predicted octanol–water partition coefficient (Wildman–Crippen LogP) is 3.28. The summed E-state index contributed by atoms with van der Waals surface area (Å²) in [6.07, 6.45) is 6.90. The van der Waals surface area contributed by atoms with Crippen LogP contribution in [0.15, 0.2) is 36.0 Å². The van der Waals surface area contributed by atoms with Gasteiger partial charge in [0.2, 0.25) is 0 Å². The fourth-order valence-electron chi connectivity index (χ4n) is 2.48. The Balaban J connectivity index is 1.92. The molecule has 0 aliphatic carbocycles. The Hall–Kier alpha value is -1.54. The normalized spacial score (nSPS) is 17.6. The van der Waals surface area contributed by atoms with Gasteiger partial charge in [0, 0.05) is 30.2 Å². The van der Waals surface area contributed by atoms with E-state index < -0.39 is 0 Å². The molecule has 1 aliphatic rings. The molecule has 17 heavy (non-hydrogen) atoms. The van der Waals surface area contributed by atoms with Gasteiger partial charge in [-0.25, -0.2) is 0 Å². The molecule has 1 aliphatic heterocycles. The Bertz CT molecular complexity index is 541. The average Bonchev–Trinajstić information content (AvgIpc) is 2.76. The first kappa shape index (κ1) is 10.6. The predicted molar refractivity (Wildman–Crippen MR) is 73.0 cm³/mol. The van der Waals surface area contributed by atoms with E-state index >= 15 is 0 Å². The lowest BCUT2D eigenvalue weighted by Gasteiger charge is -2.23. The number of hydrogen-bond acceptors (Lipinski definition) is 1.